The third kappa shape index (κ3) is 4.18. The van der Waals surface area contributed by atoms with E-state index in [1.807, 2.05) is 47.4 Å². The zero-order valence-corrected chi connectivity index (χ0v) is 13.9. The Balaban J connectivity index is 1.60. The summed E-state index contributed by atoms with van der Waals surface area (Å²) in [7, 11) is 0. The molecule has 7 heteroatoms. The molecule has 0 fully saturated rings. The molecule has 0 saturated carbocycles. The van der Waals surface area contributed by atoms with E-state index in [1.165, 1.54) is 0 Å². The standard InChI is InChI=1S/C16H16ClN5S/c17-12-4-3-6-13(10-12)21-16(23)22-9-8-19-15(22)20-11-14-5-1-2-7-18-14/h1-7,10H,8-9,11H2,(H,19,20)(H,21,23). The van der Waals surface area contributed by atoms with Gasteiger partial charge in [0.25, 0.3) is 0 Å². The van der Waals surface area contributed by atoms with Gasteiger partial charge in [0.15, 0.2) is 5.11 Å². The molecule has 0 aliphatic carbocycles. The fourth-order valence-electron chi connectivity index (χ4n) is 2.23. The van der Waals surface area contributed by atoms with Crippen molar-refractivity contribution in [3.05, 3.63) is 59.4 Å². The Morgan fingerprint density at radius 1 is 1.26 bits per heavy atom. The predicted molar refractivity (Wildman–Crippen MR) is 97.8 cm³/mol. The minimum absolute atomic E-state index is 0.594. The van der Waals surface area contributed by atoms with Gasteiger partial charge in [-0.1, -0.05) is 23.7 Å². The van der Waals surface area contributed by atoms with Crippen molar-refractivity contribution in [2.75, 3.05) is 18.4 Å². The second-order valence-electron chi connectivity index (χ2n) is 4.97. The van der Waals surface area contributed by atoms with E-state index in [4.69, 9.17) is 23.8 Å². The van der Waals surface area contributed by atoms with Crippen molar-refractivity contribution in [1.29, 1.82) is 0 Å². The highest BCUT2D eigenvalue weighted by molar-refractivity contribution is 7.80. The van der Waals surface area contributed by atoms with Crippen LogP contribution in [0.4, 0.5) is 5.69 Å². The Hall–Kier alpha value is -2.18. The normalized spacial score (nSPS) is 13.6. The van der Waals surface area contributed by atoms with Crippen LogP contribution in [0.2, 0.25) is 5.02 Å². The fraction of sp³-hybridized carbons (Fsp3) is 0.188. The molecule has 2 N–H and O–H groups in total. The molecule has 1 aromatic carbocycles. The van der Waals surface area contributed by atoms with Gasteiger partial charge < -0.3 is 10.6 Å². The first-order valence-electron chi connectivity index (χ1n) is 7.25. The Kier molecular flexibility index (Phi) is 5.05. The lowest BCUT2D eigenvalue weighted by Gasteiger charge is -2.22. The van der Waals surface area contributed by atoms with E-state index in [0.717, 1.165) is 23.9 Å². The third-order valence-corrected chi connectivity index (χ3v) is 3.87. The number of anilines is 1. The summed E-state index contributed by atoms with van der Waals surface area (Å²) >= 11 is 11.5. The second-order valence-corrected chi connectivity index (χ2v) is 5.80. The minimum atomic E-state index is 0.594. The van der Waals surface area contributed by atoms with Crippen molar-refractivity contribution in [3.8, 4) is 0 Å². The molecule has 0 unspecified atom stereocenters. The number of aliphatic imine (C=N–C) groups is 1. The number of rotatable bonds is 3. The van der Waals surface area contributed by atoms with Crippen LogP contribution in [0, 0.1) is 0 Å². The lowest BCUT2D eigenvalue weighted by Crippen LogP contribution is -2.44. The zero-order chi connectivity index (χ0) is 16.1. The van der Waals surface area contributed by atoms with E-state index in [9.17, 15) is 0 Å². The van der Waals surface area contributed by atoms with Gasteiger partial charge in [-0.05, 0) is 42.5 Å². The van der Waals surface area contributed by atoms with Gasteiger partial charge in [-0.25, -0.2) is 0 Å². The second kappa shape index (κ2) is 7.39. The van der Waals surface area contributed by atoms with Crippen LogP contribution >= 0.6 is 23.8 Å². The largest absolute Gasteiger partial charge is 0.350 e. The monoisotopic (exact) mass is 345 g/mol. The number of benzene rings is 1. The molecular formula is C16H16ClN5S. The summed E-state index contributed by atoms with van der Waals surface area (Å²) in [4.78, 5) is 10.7. The summed E-state index contributed by atoms with van der Waals surface area (Å²) in [5, 5.41) is 7.74. The predicted octanol–water partition coefficient (Wildman–Crippen LogP) is 2.89. The van der Waals surface area contributed by atoms with Crippen molar-refractivity contribution in [2.45, 2.75) is 6.54 Å². The quantitative estimate of drug-likeness (QED) is 0.838. The fourth-order valence-corrected chi connectivity index (χ4v) is 2.71. The van der Waals surface area contributed by atoms with Crippen molar-refractivity contribution >= 4 is 40.6 Å². The number of hydrogen-bond donors (Lipinski definition) is 2. The SMILES string of the molecule is S=C(Nc1cccc(Cl)c1)N1CCN=C1NCc1ccccn1. The molecule has 2 aromatic rings. The molecule has 1 aliphatic rings. The first-order chi connectivity index (χ1) is 11.2. The Morgan fingerprint density at radius 3 is 2.96 bits per heavy atom. The lowest BCUT2D eigenvalue weighted by atomic mass is 10.3. The van der Waals surface area contributed by atoms with Crippen LogP contribution in [0.5, 0.6) is 0 Å². The third-order valence-electron chi connectivity index (χ3n) is 3.32. The molecule has 0 amide bonds. The molecule has 0 atom stereocenters. The van der Waals surface area contributed by atoms with Gasteiger partial charge in [0.05, 0.1) is 18.8 Å². The lowest BCUT2D eigenvalue weighted by molar-refractivity contribution is 0.642. The van der Waals surface area contributed by atoms with E-state index < -0.39 is 0 Å². The van der Waals surface area contributed by atoms with E-state index in [-0.39, 0.29) is 0 Å². The molecule has 0 radical (unpaired) electrons. The molecular weight excluding hydrogens is 330 g/mol. The van der Waals surface area contributed by atoms with Crippen molar-refractivity contribution in [2.24, 2.45) is 4.99 Å². The van der Waals surface area contributed by atoms with Crippen LogP contribution in [0.3, 0.4) is 0 Å². The number of nitrogens with one attached hydrogen (secondary N) is 2. The summed E-state index contributed by atoms with van der Waals surface area (Å²) in [5.41, 5.74) is 1.81. The first kappa shape index (κ1) is 15.7. The van der Waals surface area contributed by atoms with Crippen LogP contribution in [0.1, 0.15) is 5.69 Å². The van der Waals surface area contributed by atoms with Crippen molar-refractivity contribution < 1.29 is 0 Å². The van der Waals surface area contributed by atoms with Gasteiger partial charge in [0.1, 0.15) is 0 Å². The molecule has 118 valence electrons. The summed E-state index contributed by atoms with van der Waals surface area (Å²) in [6.45, 7) is 2.06. The van der Waals surface area contributed by atoms with Crippen LogP contribution in [0.15, 0.2) is 53.7 Å². The number of thiocarbonyl (C=S) groups is 1. The maximum atomic E-state index is 5.99. The van der Waals surface area contributed by atoms with Gasteiger partial charge in [-0.15, -0.1) is 0 Å². The maximum Gasteiger partial charge on any atom is 0.200 e. The van der Waals surface area contributed by atoms with Gasteiger partial charge in [0.2, 0.25) is 5.96 Å². The topological polar surface area (TPSA) is 52.5 Å². The van der Waals surface area contributed by atoms with Crippen LogP contribution in [-0.4, -0.2) is 34.0 Å². The number of hydrogen-bond acceptors (Lipinski definition) is 4. The van der Waals surface area contributed by atoms with E-state index in [1.54, 1.807) is 6.20 Å². The highest BCUT2D eigenvalue weighted by Crippen LogP contribution is 2.16. The summed E-state index contributed by atoms with van der Waals surface area (Å²) in [5.74, 6) is 0.759. The maximum absolute atomic E-state index is 5.99. The van der Waals surface area contributed by atoms with Crippen molar-refractivity contribution in [1.82, 2.24) is 15.2 Å². The van der Waals surface area contributed by atoms with Crippen molar-refractivity contribution in [3.63, 3.8) is 0 Å². The average Bonchev–Trinajstić information content (AvgIpc) is 3.02. The van der Waals surface area contributed by atoms with E-state index in [0.29, 0.717) is 23.2 Å². The molecule has 1 aromatic heterocycles. The number of pyridine rings is 1. The molecule has 0 bridgehead atoms. The van der Waals surface area contributed by atoms with E-state index >= 15 is 0 Å². The van der Waals surface area contributed by atoms with Crippen LogP contribution in [0.25, 0.3) is 0 Å². The number of aromatic nitrogens is 1. The van der Waals surface area contributed by atoms with Gasteiger partial charge in [0, 0.05) is 23.5 Å². The summed E-state index contributed by atoms with van der Waals surface area (Å²) < 4.78 is 0. The Bertz CT molecular complexity index is 719. The van der Waals surface area contributed by atoms with Crippen LogP contribution < -0.4 is 10.6 Å². The number of guanidine groups is 1. The molecule has 23 heavy (non-hydrogen) atoms. The minimum Gasteiger partial charge on any atom is -0.350 e. The zero-order valence-electron chi connectivity index (χ0n) is 12.4. The number of nitrogens with zero attached hydrogens (tertiary/aromatic N) is 3. The Labute approximate surface area is 145 Å². The Morgan fingerprint density at radius 2 is 2.17 bits per heavy atom. The highest BCUT2D eigenvalue weighted by atomic mass is 35.5. The smallest absolute Gasteiger partial charge is 0.200 e. The molecule has 0 spiro atoms. The summed E-state index contributed by atoms with van der Waals surface area (Å²) in [6.07, 6.45) is 1.77. The average molecular weight is 346 g/mol. The van der Waals surface area contributed by atoms with Gasteiger partial charge in [-0.3, -0.25) is 14.9 Å². The molecule has 5 nitrogen and oxygen atoms in total. The van der Waals surface area contributed by atoms with Gasteiger partial charge >= 0.3 is 0 Å². The summed E-state index contributed by atoms with van der Waals surface area (Å²) in [6, 6.07) is 13.3. The first-order valence-corrected chi connectivity index (χ1v) is 8.03. The molecule has 2 heterocycles. The number of halogens is 1. The van der Waals surface area contributed by atoms with Crippen LogP contribution in [-0.2, 0) is 6.54 Å². The highest BCUT2D eigenvalue weighted by Gasteiger charge is 2.20. The molecule has 1 aliphatic heterocycles. The molecule has 3 rings (SSSR count). The molecule has 0 saturated heterocycles. The van der Waals surface area contributed by atoms with Gasteiger partial charge in [-0.2, -0.15) is 0 Å². The van der Waals surface area contributed by atoms with E-state index in [2.05, 4.69) is 20.6 Å².